The molecular weight excluding hydrogens is 191 g/mol. The first-order valence-corrected chi connectivity index (χ1v) is 5.71. The Kier molecular flexibility index (Phi) is 2.78. The van der Waals surface area contributed by atoms with E-state index in [0.29, 0.717) is 6.42 Å². The van der Waals surface area contributed by atoms with E-state index < -0.39 is 19.8 Å². The first kappa shape index (κ1) is 10.3. The number of hydrogen-bond donors (Lipinski definition) is 2. The monoisotopic (exact) mass is 204 g/mol. The minimum absolute atomic E-state index is 0.0826. The normalized spacial score (nSPS) is 33.2. The number of rotatable bonds is 3. The summed E-state index contributed by atoms with van der Waals surface area (Å²) < 4.78 is 15.0. The lowest BCUT2D eigenvalue weighted by atomic mass is 10.3. The fraction of sp³-hybridized carbons (Fsp3) is 0.571. The van der Waals surface area contributed by atoms with Gasteiger partial charge in [-0.05, 0) is 6.42 Å². The first-order valence-electron chi connectivity index (χ1n) is 3.90. The second-order valence-electron chi connectivity index (χ2n) is 3.09. The van der Waals surface area contributed by atoms with E-state index in [4.69, 9.17) is 5.73 Å². The molecule has 3 unspecified atom stereocenters. The van der Waals surface area contributed by atoms with E-state index in [1.807, 2.05) is 0 Å². The van der Waals surface area contributed by atoms with Crippen molar-refractivity contribution in [3.63, 3.8) is 0 Å². The molecule has 0 heterocycles. The molecular formula is C7H13N2O3P. The third-order valence-electron chi connectivity index (χ3n) is 1.91. The summed E-state index contributed by atoms with van der Waals surface area (Å²) in [7, 11) is -2.24. The highest BCUT2D eigenvalue weighted by molar-refractivity contribution is 7.38. The minimum atomic E-state index is -2.24. The molecule has 6 heteroatoms. The van der Waals surface area contributed by atoms with Crippen LogP contribution in [0.2, 0.25) is 0 Å². The van der Waals surface area contributed by atoms with E-state index in [1.165, 1.54) is 6.66 Å². The van der Waals surface area contributed by atoms with Crippen LogP contribution in [0, 0.1) is 5.92 Å². The molecule has 3 atom stereocenters. The maximum atomic E-state index is 10.9. The molecule has 0 aromatic heterocycles. The summed E-state index contributed by atoms with van der Waals surface area (Å²) >= 11 is 0. The average molecular weight is 204 g/mol. The highest BCUT2D eigenvalue weighted by Gasteiger charge is 2.50. The van der Waals surface area contributed by atoms with E-state index in [-0.39, 0.29) is 5.92 Å². The van der Waals surface area contributed by atoms with Gasteiger partial charge in [0.1, 0.15) is 0 Å². The van der Waals surface area contributed by atoms with Crippen molar-refractivity contribution in [2.75, 3.05) is 6.66 Å². The third-order valence-corrected chi connectivity index (χ3v) is 2.39. The van der Waals surface area contributed by atoms with E-state index in [9.17, 15) is 9.36 Å². The van der Waals surface area contributed by atoms with Gasteiger partial charge in [0.25, 0.3) is 0 Å². The topological polar surface area (TPSA) is 81.4 Å². The zero-order valence-corrected chi connectivity index (χ0v) is 8.37. The summed E-state index contributed by atoms with van der Waals surface area (Å²) in [5, 5.41) is 2.43. The van der Waals surface area contributed by atoms with Gasteiger partial charge < -0.3 is 15.6 Å². The molecule has 1 amide bonds. The summed E-state index contributed by atoms with van der Waals surface area (Å²) in [4.78, 5) is 10.9. The molecule has 1 fully saturated rings. The zero-order chi connectivity index (χ0) is 10.1. The maximum Gasteiger partial charge on any atom is 0.413 e. The van der Waals surface area contributed by atoms with Crippen LogP contribution in [0.5, 0.6) is 0 Å². The Hall–Kier alpha value is -0.800. The third kappa shape index (κ3) is 2.57. The van der Waals surface area contributed by atoms with Gasteiger partial charge in [0.2, 0.25) is 8.03 Å². The number of nitrogens with two attached hydrogens (primary N) is 1. The first-order chi connectivity index (χ1) is 5.98. The number of carbonyl (C=O) groups is 1. The second-order valence-corrected chi connectivity index (χ2v) is 4.28. The van der Waals surface area contributed by atoms with E-state index in [0.717, 1.165) is 0 Å². The molecule has 0 bridgehead atoms. The standard InChI is InChI=1S/C7H13N2O3P/c1-3-5-4-7(5,8)9-6(10)12-13(2)11/h3,5,13H,1,4,8H2,2H3,(H,9,10). The Bertz CT molecular complexity index is 268. The SMILES string of the molecule is C=CC1CC1(N)NC(=O)O[PH](C)=O. The highest BCUT2D eigenvalue weighted by atomic mass is 31.1. The predicted molar refractivity (Wildman–Crippen MR) is 49.8 cm³/mol. The Morgan fingerprint density at radius 2 is 2.54 bits per heavy atom. The van der Waals surface area contributed by atoms with Crippen LogP contribution in [0.3, 0.4) is 0 Å². The van der Waals surface area contributed by atoms with Gasteiger partial charge in [0.15, 0.2) is 0 Å². The molecule has 0 aromatic carbocycles. The molecule has 0 radical (unpaired) electrons. The minimum Gasteiger partial charge on any atom is -0.398 e. The van der Waals surface area contributed by atoms with Gasteiger partial charge in [0, 0.05) is 12.6 Å². The van der Waals surface area contributed by atoms with Crippen LogP contribution >= 0.6 is 8.03 Å². The lowest BCUT2D eigenvalue weighted by Gasteiger charge is -2.11. The summed E-state index contributed by atoms with van der Waals surface area (Å²) in [6.45, 7) is 4.90. The molecule has 0 aromatic rings. The van der Waals surface area contributed by atoms with E-state index >= 15 is 0 Å². The predicted octanol–water partition coefficient (Wildman–Crippen LogP) is 0.678. The molecule has 0 spiro atoms. The molecule has 3 N–H and O–H groups in total. The molecule has 0 saturated heterocycles. The van der Waals surface area contributed by atoms with Crippen molar-refractivity contribution in [3.8, 4) is 0 Å². The van der Waals surface area contributed by atoms with Crippen LogP contribution in [-0.4, -0.2) is 18.4 Å². The molecule has 1 aliphatic carbocycles. The van der Waals surface area contributed by atoms with E-state index in [2.05, 4.69) is 16.4 Å². The number of hydrogen-bond acceptors (Lipinski definition) is 4. The van der Waals surface area contributed by atoms with Crippen molar-refractivity contribution in [1.29, 1.82) is 0 Å². The van der Waals surface area contributed by atoms with Crippen LogP contribution < -0.4 is 11.1 Å². The Morgan fingerprint density at radius 1 is 1.92 bits per heavy atom. The van der Waals surface area contributed by atoms with Gasteiger partial charge in [-0.15, -0.1) is 6.58 Å². The van der Waals surface area contributed by atoms with Crippen molar-refractivity contribution < 1.29 is 13.9 Å². The molecule has 1 rings (SSSR count). The Morgan fingerprint density at radius 3 is 2.92 bits per heavy atom. The van der Waals surface area contributed by atoms with Crippen LogP contribution in [0.1, 0.15) is 6.42 Å². The zero-order valence-electron chi connectivity index (χ0n) is 7.37. The molecule has 1 saturated carbocycles. The summed E-state index contributed by atoms with van der Waals surface area (Å²) in [5.74, 6) is 0.0826. The van der Waals surface area contributed by atoms with Gasteiger partial charge in [-0.1, -0.05) is 6.08 Å². The lowest BCUT2D eigenvalue weighted by Crippen LogP contribution is -2.45. The van der Waals surface area contributed by atoms with Crippen LogP contribution in [0.15, 0.2) is 12.7 Å². The summed E-state index contributed by atoms with van der Waals surface area (Å²) in [6.07, 6.45) is 1.60. The van der Waals surface area contributed by atoms with Gasteiger partial charge in [-0.25, -0.2) is 4.79 Å². The summed E-state index contributed by atoms with van der Waals surface area (Å²) in [6, 6.07) is 0. The fourth-order valence-corrected chi connectivity index (χ4v) is 1.40. The van der Waals surface area contributed by atoms with Crippen molar-refractivity contribution in [2.24, 2.45) is 11.7 Å². The smallest absolute Gasteiger partial charge is 0.398 e. The highest BCUT2D eigenvalue weighted by Crippen LogP contribution is 2.39. The van der Waals surface area contributed by atoms with Crippen LogP contribution in [0.25, 0.3) is 0 Å². The number of nitrogens with one attached hydrogen (secondary N) is 1. The second kappa shape index (κ2) is 3.52. The molecule has 0 aliphatic heterocycles. The van der Waals surface area contributed by atoms with Gasteiger partial charge >= 0.3 is 6.09 Å². The molecule has 13 heavy (non-hydrogen) atoms. The molecule has 1 aliphatic rings. The van der Waals surface area contributed by atoms with Gasteiger partial charge in [0.05, 0.1) is 5.66 Å². The van der Waals surface area contributed by atoms with Crippen molar-refractivity contribution in [2.45, 2.75) is 12.1 Å². The Labute approximate surface area is 77.2 Å². The summed E-state index contributed by atoms with van der Waals surface area (Å²) in [5.41, 5.74) is 4.96. The number of carbonyl (C=O) groups excluding carboxylic acids is 1. The lowest BCUT2D eigenvalue weighted by molar-refractivity contribution is 0.197. The average Bonchev–Trinajstić information content (AvgIpc) is 2.58. The van der Waals surface area contributed by atoms with Crippen molar-refractivity contribution in [1.82, 2.24) is 5.32 Å². The molecule has 5 nitrogen and oxygen atoms in total. The fourth-order valence-electron chi connectivity index (χ4n) is 1.09. The maximum absolute atomic E-state index is 10.9. The Balaban J connectivity index is 2.38. The quantitative estimate of drug-likeness (QED) is 0.402. The van der Waals surface area contributed by atoms with E-state index in [1.54, 1.807) is 6.08 Å². The van der Waals surface area contributed by atoms with Crippen LogP contribution in [-0.2, 0) is 9.09 Å². The van der Waals surface area contributed by atoms with Crippen molar-refractivity contribution in [3.05, 3.63) is 12.7 Å². The molecule has 74 valence electrons. The van der Waals surface area contributed by atoms with Crippen molar-refractivity contribution >= 4 is 14.1 Å². The van der Waals surface area contributed by atoms with Crippen LogP contribution in [0.4, 0.5) is 4.79 Å². The largest absolute Gasteiger partial charge is 0.413 e. The van der Waals surface area contributed by atoms with Gasteiger partial charge in [-0.3, -0.25) is 4.57 Å². The number of amides is 1. The van der Waals surface area contributed by atoms with Gasteiger partial charge in [-0.2, -0.15) is 0 Å².